The number of carbonyl (C=O) groups is 2. The molecule has 0 spiro atoms. The van der Waals surface area contributed by atoms with E-state index in [1.807, 2.05) is 37.4 Å². The van der Waals surface area contributed by atoms with Crippen molar-refractivity contribution in [2.24, 2.45) is 11.8 Å². The van der Waals surface area contributed by atoms with Gasteiger partial charge in [0.2, 0.25) is 11.8 Å². The number of aryl methyl sites for hydroxylation is 1. The summed E-state index contributed by atoms with van der Waals surface area (Å²) in [4.78, 5) is 34.8. The van der Waals surface area contributed by atoms with E-state index in [-0.39, 0.29) is 30.3 Å². The molecule has 0 aromatic carbocycles. The van der Waals surface area contributed by atoms with Crippen molar-refractivity contribution in [2.45, 2.75) is 13.6 Å². The van der Waals surface area contributed by atoms with E-state index in [1.54, 1.807) is 29.2 Å². The number of amides is 2. The molecule has 2 amide bonds. The van der Waals surface area contributed by atoms with E-state index in [0.717, 1.165) is 17.0 Å². The predicted molar refractivity (Wildman–Crippen MR) is 87.3 cm³/mol. The molecular weight excluding hydrogens is 304 g/mol. The van der Waals surface area contributed by atoms with Crippen LogP contribution in [0, 0.1) is 18.8 Å². The van der Waals surface area contributed by atoms with Gasteiger partial charge in [-0.25, -0.2) is 4.98 Å². The average molecular weight is 320 g/mol. The quantitative estimate of drug-likeness (QED) is 0.811. The van der Waals surface area contributed by atoms with Crippen LogP contribution in [-0.4, -0.2) is 31.2 Å². The van der Waals surface area contributed by atoms with Crippen LogP contribution in [0.1, 0.15) is 5.69 Å². The average Bonchev–Trinajstić information content (AvgIpc) is 3.16. The van der Waals surface area contributed by atoms with E-state index in [9.17, 15) is 9.59 Å². The highest BCUT2D eigenvalue weighted by molar-refractivity contribution is 6.06. The first kappa shape index (κ1) is 14.6. The molecular formula is C18H16N4O2. The van der Waals surface area contributed by atoms with Gasteiger partial charge in [-0.15, -0.1) is 0 Å². The molecule has 1 aliphatic carbocycles. The van der Waals surface area contributed by atoms with Gasteiger partial charge in [0.05, 0.1) is 23.9 Å². The van der Waals surface area contributed by atoms with Crippen molar-refractivity contribution in [3.05, 3.63) is 60.9 Å². The lowest BCUT2D eigenvalue weighted by atomic mass is 9.91. The summed E-state index contributed by atoms with van der Waals surface area (Å²) in [6.45, 7) is 2.11. The number of rotatable bonds is 3. The Morgan fingerprint density at radius 2 is 1.75 bits per heavy atom. The Morgan fingerprint density at radius 1 is 1.04 bits per heavy atom. The second-order valence-electron chi connectivity index (χ2n) is 6.03. The minimum absolute atomic E-state index is 0.155. The van der Waals surface area contributed by atoms with Crippen LogP contribution in [0.4, 0.5) is 0 Å². The minimum Gasteiger partial charge on any atom is -0.318 e. The van der Waals surface area contributed by atoms with Gasteiger partial charge >= 0.3 is 0 Å². The Morgan fingerprint density at radius 3 is 2.38 bits per heavy atom. The summed E-state index contributed by atoms with van der Waals surface area (Å²) < 4.78 is 1.75. The van der Waals surface area contributed by atoms with Crippen molar-refractivity contribution in [3.8, 4) is 11.3 Å². The molecule has 0 radical (unpaired) electrons. The number of nitrogens with zero attached hydrogens (tertiary/aromatic N) is 4. The van der Waals surface area contributed by atoms with Gasteiger partial charge in [0.25, 0.3) is 0 Å². The molecule has 2 aliphatic rings. The molecule has 120 valence electrons. The molecule has 2 aromatic rings. The first-order valence-electron chi connectivity index (χ1n) is 7.78. The Labute approximate surface area is 139 Å². The molecule has 6 nitrogen and oxygen atoms in total. The zero-order valence-corrected chi connectivity index (χ0v) is 13.2. The van der Waals surface area contributed by atoms with E-state index in [4.69, 9.17) is 0 Å². The number of hydrogen-bond acceptors (Lipinski definition) is 4. The zero-order valence-electron chi connectivity index (χ0n) is 13.2. The second-order valence-corrected chi connectivity index (χ2v) is 6.03. The molecule has 0 bridgehead atoms. The summed E-state index contributed by atoms with van der Waals surface area (Å²) in [5, 5.41) is 0. The number of aromatic nitrogens is 3. The summed E-state index contributed by atoms with van der Waals surface area (Å²) in [6, 6.07) is 3.87. The fourth-order valence-corrected chi connectivity index (χ4v) is 3.06. The van der Waals surface area contributed by atoms with Crippen LogP contribution in [0.15, 0.2) is 55.2 Å². The first-order chi connectivity index (χ1) is 11.6. The van der Waals surface area contributed by atoms with Crippen molar-refractivity contribution in [3.63, 3.8) is 0 Å². The molecule has 24 heavy (non-hydrogen) atoms. The number of imidazole rings is 1. The first-order valence-corrected chi connectivity index (χ1v) is 7.78. The summed E-state index contributed by atoms with van der Waals surface area (Å²) >= 11 is 0. The fraction of sp³-hybridized carbons (Fsp3) is 0.222. The number of fused-ring (bicyclic) bond motifs is 1. The predicted octanol–water partition coefficient (Wildman–Crippen LogP) is 1.94. The highest BCUT2D eigenvalue weighted by Gasteiger charge is 2.45. The molecule has 6 heteroatoms. The highest BCUT2D eigenvalue weighted by Crippen LogP contribution is 2.31. The van der Waals surface area contributed by atoms with E-state index in [1.165, 1.54) is 4.90 Å². The van der Waals surface area contributed by atoms with Crippen molar-refractivity contribution in [1.82, 2.24) is 19.4 Å². The smallest absolute Gasteiger partial charge is 0.238 e. The molecule has 1 saturated heterocycles. The Balaban J connectivity index is 1.55. The summed E-state index contributed by atoms with van der Waals surface area (Å²) in [7, 11) is 0. The molecule has 1 fully saturated rings. The van der Waals surface area contributed by atoms with Crippen LogP contribution in [0.3, 0.4) is 0 Å². The number of allylic oxidation sites excluding steroid dienone is 2. The Bertz CT molecular complexity index is 833. The molecule has 2 unspecified atom stereocenters. The number of carbonyl (C=O) groups excluding carboxylic acids is 2. The third kappa shape index (κ3) is 2.36. The molecule has 3 heterocycles. The molecule has 0 saturated carbocycles. The normalized spacial score (nSPS) is 22.3. The van der Waals surface area contributed by atoms with E-state index < -0.39 is 0 Å². The molecule has 2 aromatic heterocycles. The van der Waals surface area contributed by atoms with Gasteiger partial charge in [0.1, 0.15) is 6.67 Å². The van der Waals surface area contributed by atoms with Crippen LogP contribution >= 0.6 is 0 Å². The maximum Gasteiger partial charge on any atom is 0.238 e. The minimum atomic E-state index is -0.369. The SMILES string of the molecule is Cc1ccc(-c2cn(CN3C(=O)C4C=CC=CC4C3=O)cn2)cn1. The fourth-order valence-electron chi connectivity index (χ4n) is 3.06. The molecule has 0 N–H and O–H groups in total. The number of hydrogen-bond donors (Lipinski definition) is 0. The third-order valence-electron chi connectivity index (χ3n) is 4.38. The topological polar surface area (TPSA) is 68.1 Å². The Hall–Kier alpha value is -3.02. The van der Waals surface area contributed by atoms with Crippen molar-refractivity contribution >= 4 is 11.8 Å². The van der Waals surface area contributed by atoms with E-state index in [2.05, 4.69) is 9.97 Å². The maximum atomic E-state index is 12.4. The van der Waals surface area contributed by atoms with Crippen molar-refractivity contribution < 1.29 is 9.59 Å². The van der Waals surface area contributed by atoms with Gasteiger partial charge in [-0.3, -0.25) is 19.5 Å². The number of likely N-dealkylation sites (tertiary alicyclic amines) is 1. The van der Waals surface area contributed by atoms with Gasteiger partial charge in [0, 0.05) is 23.7 Å². The van der Waals surface area contributed by atoms with Gasteiger partial charge in [-0.2, -0.15) is 0 Å². The summed E-state index contributed by atoms with van der Waals surface area (Å²) in [5.41, 5.74) is 2.60. The lowest BCUT2D eigenvalue weighted by Crippen LogP contribution is -2.32. The lowest BCUT2D eigenvalue weighted by Gasteiger charge is -2.14. The number of imide groups is 1. The number of pyridine rings is 1. The maximum absolute atomic E-state index is 12.4. The molecule has 4 rings (SSSR count). The second kappa shape index (κ2) is 5.56. The van der Waals surface area contributed by atoms with Gasteiger partial charge < -0.3 is 4.57 Å². The summed E-state index contributed by atoms with van der Waals surface area (Å²) in [6.07, 6.45) is 12.4. The van der Waals surface area contributed by atoms with Crippen molar-refractivity contribution in [1.29, 1.82) is 0 Å². The standard InChI is InChI=1S/C18H16N4O2/c1-12-6-7-13(8-19-12)16-9-21(10-20-16)11-22-17(23)14-4-2-3-5-15(14)18(22)24/h2-10,14-15H,11H2,1H3. The largest absolute Gasteiger partial charge is 0.318 e. The molecule has 2 atom stereocenters. The third-order valence-corrected chi connectivity index (χ3v) is 4.38. The summed E-state index contributed by atoms with van der Waals surface area (Å²) in [5.74, 6) is -1.05. The van der Waals surface area contributed by atoms with Crippen LogP contribution in [0.2, 0.25) is 0 Å². The van der Waals surface area contributed by atoms with Gasteiger partial charge in [-0.1, -0.05) is 24.3 Å². The van der Waals surface area contributed by atoms with E-state index in [0.29, 0.717) is 0 Å². The van der Waals surface area contributed by atoms with Crippen LogP contribution in [0.25, 0.3) is 11.3 Å². The molecule has 1 aliphatic heterocycles. The van der Waals surface area contributed by atoms with Gasteiger partial charge in [-0.05, 0) is 19.1 Å². The lowest BCUT2D eigenvalue weighted by molar-refractivity contribution is -0.141. The van der Waals surface area contributed by atoms with Crippen LogP contribution in [0.5, 0.6) is 0 Å². The van der Waals surface area contributed by atoms with Crippen LogP contribution in [-0.2, 0) is 16.3 Å². The Kier molecular flexibility index (Phi) is 3.37. The van der Waals surface area contributed by atoms with E-state index >= 15 is 0 Å². The highest BCUT2D eigenvalue weighted by atomic mass is 16.2. The zero-order chi connectivity index (χ0) is 16.7. The van der Waals surface area contributed by atoms with Crippen molar-refractivity contribution in [2.75, 3.05) is 0 Å². The monoisotopic (exact) mass is 320 g/mol. The van der Waals surface area contributed by atoms with Gasteiger partial charge in [0.15, 0.2) is 0 Å². The van der Waals surface area contributed by atoms with Crippen LogP contribution < -0.4 is 0 Å².